The second kappa shape index (κ2) is 5.92. The molecule has 0 fully saturated rings. The first-order valence-electron chi connectivity index (χ1n) is 7.14. The number of rotatable bonds is 4. The lowest BCUT2D eigenvalue weighted by Crippen LogP contribution is -2.21. The predicted octanol–water partition coefficient (Wildman–Crippen LogP) is 5.25. The Balaban J connectivity index is 1.94. The van der Waals surface area contributed by atoms with Crippen molar-refractivity contribution >= 4 is 22.6 Å². The fourth-order valence-electron chi connectivity index (χ4n) is 2.33. The first-order valence-corrected chi connectivity index (χ1v) is 7.52. The Morgan fingerprint density at radius 2 is 1.90 bits per heavy atom. The van der Waals surface area contributed by atoms with Crippen molar-refractivity contribution in [2.45, 2.75) is 26.4 Å². The molecule has 0 unspecified atom stereocenters. The molecule has 0 saturated heterocycles. The van der Waals surface area contributed by atoms with Crippen molar-refractivity contribution in [3.05, 3.63) is 59.1 Å². The summed E-state index contributed by atoms with van der Waals surface area (Å²) in [5, 5.41) is 5.10. The highest BCUT2D eigenvalue weighted by Crippen LogP contribution is 2.32. The van der Waals surface area contributed by atoms with Gasteiger partial charge in [-0.05, 0) is 23.8 Å². The van der Waals surface area contributed by atoms with Gasteiger partial charge in [-0.25, -0.2) is 0 Å². The highest BCUT2D eigenvalue weighted by Gasteiger charge is 2.09. The molecule has 0 spiro atoms. The summed E-state index contributed by atoms with van der Waals surface area (Å²) < 4.78 is 5.91. The van der Waals surface area contributed by atoms with Crippen molar-refractivity contribution in [1.29, 1.82) is 0 Å². The van der Waals surface area contributed by atoms with E-state index < -0.39 is 0 Å². The summed E-state index contributed by atoms with van der Waals surface area (Å²) in [6, 6.07) is 16.7. The van der Waals surface area contributed by atoms with Gasteiger partial charge in [-0.3, -0.25) is 0 Å². The average molecular weight is 300 g/mol. The summed E-state index contributed by atoms with van der Waals surface area (Å²) in [4.78, 5) is 0. The maximum atomic E-state index is 6.17. The lowest BCUT2D eigenvalue weighted by molar-refractivity contribution is 0.588. The molecule has 0 saturated carbocycles. The molecule has 0 aliphatic heterocycles. The molecule has 3 rings (SSSR count). The van der Waals surface area contributed by atoms with Gasteiger partial charge in [0.1, 0.15) is 5.76 Å². The minimum atomic E-state index is 0.471. The topological polar surface area (TPSA) is 25.2 Å². The number of benzene rings is 2. The minimum Gasteiger partial charge on any atom is -0.455 e. The Bertz CT molecular complexity index is 761. The number of hydrogen-bond acceptors (Lipinski definition) is 2. The van der Waals surface area contributed by atoms with E-state index in [1.807, 2.05) is 24.3 Å². The molecule has 2 nitrogen and oxygen atoms in total. The second-order valence-electron chi connectivity index (χ2n) is 5.50. The third-order valence-corrected chi connectivity index (χ3v) is 3.72. The Morgan fingerprint density at radius 3 is 2.67 bits per heavy atom. The standard InChI is InChI=1S/C18H18ClNO/c1-12(2)20-11-13-5-3-6-14(9-13)17-10-15-7-4-8-16(19)18(15)21-17/h3-10,12,20H,11H2,1-2H3. The monoisotopic (exact) mass is 299 g/mol. The van der Waals surface area contributed by atoms with E-state index in [2.05, 4.69) is 43.4 Å². The number of halogens is 1. The van der Waals surface area contributed by atoms with Crippen LogP contribution in [0.5, 0.6) is 0 Å². The van der Waals surface area contributed by atoms with E-state index >= 15 is 0 Å². The van der Waals surface area contributed by atoms with Crippen LogP contribution in [0, 0.1) is 0 Å². The summed E-state index contributed by atoms with van der Waals surface area (Å²) in [5.41, 5.74) is 3.07. The predicted molar refractivity (Wildman–Crippen MR) is 88.6 cm³/mol. The summed E-state index contributed by atoms with van der Waals surface area (Å²) in [7, 11) is 0. The van der Waals surface area contributed by atoms with Crippen molar-refractivity contribution < 1.29 is 4.42 Å². The lowest BCUT2D eigenvalue weighted by atomic mass is 10.1. The molecule has 0 radical (unpaired) electrons. The number of furan rings is 1. The molecule has 0 aliphatic carbocycles. The number of para-hydroxylation sites is 1. The lowest BCUT2D eigenvalue weighted by Gasteiger charge is -2.08. The van der Waals surface area contributed by atoms with Crippen LogP contribution in [0.2, 0.25) is 5.02 Å². The molecule has 108 valence electrons. The number of nitrogens with one attached hydrogen (secondary N) is 1. The van der Waals surface area contributed by atoms with Gasteiger partial charge in [0.15, 0.2) is 5.58 Å². The number of fused-ring (bicyclic) bond motifs is 1. The Hall–Kier alpha value is -1.77. The molecule has 2 aromatic carbocycles. The normalized spacial score (nSPS) is 11.4. The average Bonchev–Trinajstić information content (AvgIpc) is 2.91. The van der Waals surface area contributed by atoms with Crippen molar-refractivity contribution in [3.63, 3.8) is 0 Å². The highest BCUT2D eigenvalue weighted by atomic mass is 35.5. The van der Waals surface area contributed by atoms with E-state index in [1.54, 1.807) is 0 Å². The molecule has 3 heteroatoms. The molecule has 0 aliphatic rings. The van der Waals surface area contributed by atoms with Crippen LogP contribution in [0.3, 0.4) is 0 Å². The molecular weight excluding hydrogens is 282 g/mol. The zero-order valence-corrected chi connectivity index (χ0v) is 12.9. The van der Waals surface area contributed by atoms with Crippen LogP contribution in [0.15, 0.2) is 52.9 Å². The quantitative estimate of drug-likeness (QED) is 0.711. The zero-order valence-electron chi connectivity index (χ0n) is 12.2. The largest absolute Gasteiger partial charge is 0.455 e. The number of hydrogen-bond donors (Lipinski definition) is 1. The molecule has 0 amide bonds. The van der Waals surface area contributed by atoms with Gasteiger partial charge < -0.3 is 9.73 Å². The van der Waals surface area contributed by atoms with Crippen LogP contribution in [0.25, 0.3) is 22.3 Å². The fourth-order valence-corrected chi connectivity index (χ4v) is 2.55. The second-order valence-corrected chi connectivity index (χ2v) is 5.91. The third-order valence-electron chi connectivity index (χ3n) is 3.42. The maximum absolute atomic E-state index is 6.17. The van der Waals surface area contributed by atoms with Crippen LogP contribution in [-0.2, 0) is 6.54 Å². The van der Waals surface area contributed by atoms with E-state index in [0.29, 0.717) is 11.1 Å². The molecule has 3 aromatic rings. The molecule has 0 bridgehead atoms. The SMILES string of the molecule is CC(C)NCc1cccc(-c2cc3cccc(Cl)c3o2)c1. The van der Waals surface area contributed by atoms with E-state index in [0.717, 1.165) is 28.8 Å². The Kier molecular flexibility index (Phi) is 4.00. The van der Waals surface area contributed by atoms with E-state index in [4.69, 9.17) is 16.0 Å². The van der Waals surface area contributed by atoms with Crippen molar-refractivity contribution in [3.8, 4) is 11.3 Å². The van der Waals surface area contributed by atoms with Gasteiger partial charge in [0.2, 0.25) is 0 Å². The van der Waals surface area contributed by atoms with Crippen molar-refractivity contribution in [1.82, 2.24) is 5.32 Å². The Morgan fingerprint density at radius 1 is 1.10 bits per heavy atom. The summed E-state index contributed by atoms with van der Waals surface area (Å²) in [5.74, 6) is 0.851. The van der Waals surface area contributed by atoms with Gasteiger partial charge in [0.25, 0.3) is 0 Å². The Labute approximate surface area is 129 Å². The van der Waals surface area contributed by atoms with E-state index in [1.165, 1.54) is 5.56 Å². The van der Waals surface area contributed by atoms with E-state index in [9.17, 15) is 0 Å². The zero-order chi connectivity index (χ0) is 14.8. The first kappa shape index (κ1) is 14.2. The van der Waals surface area contributed by atoms with Crippen LogP contribution >= 0.6 is 11.6 Å². The molecule has 1 heterocycles. The smallest absolute Gasteiger partial charge is 0.153 e. The fraction of sp³-hybridized carbons (Fsp3) is 0.222. The molecular formula is C18H18ClNO. The van der Waals surface area contributed by atoms with Crippen molar-refractivity contribution in [2.24, 2.45) is 0 Å². The van der Waals surface area contributed by atoms with Gasteiger partial charge in [0, 0.05) is 23.5 Å². The van der Waals surface area contributed by atoms with Crippen LogP contribution in [-0.4, -0.2) is 6.04 Å². The first-order chi connectivity index (χ1) is 10.1. The van der Waals surface area contributed by atoms with Crippen LogP contribution in [0.4, 0.5) is 0 Å². The van der Waals surface area contributed by atoms with Gasteiger partial charge in [0.05, 0.1) is 5.02 Å². The minimum absolute atomic E-state index is 0.471. The highest BCUT2D eigenvalue weighted by molar-refractivity contribution is 6.34. The van der Waals surface area contributed by atoms with Gasteiger partial charge in [-0.2, -0.15) is 0 Å². The molecule has 1 aromatic heterocycles. The van der Waals surface area contributed by atoms with Crippen LogP contribution < -0.4 is 5.32 Å². The van der Waals surface area contributed by atoms with Crippen molar-refractivity contribution in [2.75, 3.05) is 0 Å². The van der Waals surface area contributed by atoms with Gasteiger partial charge in [-0.15, -0.1) is 0 Å². The maximum Gasteiger partial charge on any atom is 0.153 e. The summed E-state index contributed by atoms with van der Waals surface area (Å²) in [6.45, 7) is 5.14. The van der Waals surface area contributed by atoms with Gasteiger partial charge in [-0.1, -0.05) is 55.8 Å². The van der Waals surface area contributed by atoms with Gasteiger partial charge >= 0.3 is 0 Å². The van der Waals surface area contributed by atoms with Crippen LogP contribution in [0.1, 0.15) is 19.4 Å². The summed E-state index contributed by atoms with van der Waals surface area (Å²) in [6.07, 6.45) is 0. The third kappa shape index (κ3) is 3.12. The molecule has 0 atom stereocenters. The molecule has 1 N–H and O–H groups in total. The van der Waals surface area contributed by atoms with E-state index in [-0.39, 0.29) is 0 Å². The summed E-state index contributed by atoms with van der Waals surface area (Å²) >= 11 is 6.17. The molecule has 21 heavy (non-hydrogen) atoms.